The SMILES string of the molecule is O=C(O)C1COCCN1Cc1ccn(C2CCCCC2)n1. The monoisotopic (exact) mass is 293 g/mol. The summed E-state index contributed by atoms with van der Waals surface area (Å²) in [5.41, 5.74) is 0.953. The molecular weight excluding hydrogens is 270 g/mol. The Balaban J connectivity index is 1.64. The predicted molar refractivity (Wildman–Crippen MR) is 77.0 cm³/mol. The molecule has 0 aromatic carbocycles. The van der Waals surface area contributed by atoms with Gasteiger partial charge in [0.15, 0.2) is 0 Å². The van der Waals surface area contributed by atoms with Gasteiger partial charge < -0.3 is 9.84 Å². The minimum absolute atomic E-state index is 0.263. The van der Waals surface area contributed by atoms with E-state index in [-0.39, 0.29) is 6.61 Å². The van der Waals surface area contributed by atoms with Crippen LogP contribution in [-0.2, 0) is 16.1 Å². The van der Waals surface area contributed by atoms with E-state index >= 15 is 0 Å². The molecule has 1 saturated carbocycles. The first-order valence-electron chi connectivity index (χ1n) is 7.82. The van der Waals surface area contributed by atoms with Crippen LogP contribution in [0.1, 0.15) is 43.8 Å². The quantitative estimate of drug-likeness (QED) is 0.914. The van der Waals surface area contributed by atoms with Crippen molar-refractivity contribution in [3.05, 3.63) is 18.0 Å². The van der Waals surface area contributed by atoms with E-state index in [1.54, 1.807) is 0 Å². The van der Waals surface area contributed by atoms with Gasteiger partial charge in [-0.2, -0.15) is 5.10 Å². The van der Waals surface area contributed by atoms with Crippen molar-refractivity contribution in [3.8, 4) is 0 Å². The molecule has 116 valence electrons. The van der Waals surface area contributed by atoms with Gasteiger partial charge in [-0.25, -0.2) is 0 Å². The second-order valence-corrected chi connectivity index (χ2v) is 5.98. The van der Waals surface area contributed by atoms with Crippen molar-refractivity contribution in [1.29, 1.82) is 0 Å². The Hall–Kier alpha value is -1.40. The Kier molecular flexibility index (Phi) is 4.55. The zero-order chi connectivity index (χ0) is 14.7. The minimum atomic E-state index is -0.818. The van der Waals surface area contributed by atoms with Crippen LogP contribution in [0.3, 0.4) is 0 Å². The number of carboxylic acids is 1. The maximum atomic E-state index is 11.3. The lowest BCUT2D eigenvalue weighted by Gasteiger charge is -2.32. The normalized spacial score (nSPS) is 25.0. The largest absolute Gasteiger partial charge is 0.480 e. The van der Waals surface area contributed by atoms with E-state index < -0.39 is 12.0 Å². The highest BCUT2D eigenvalue weighted by molar-refractivity contribution is 5.73. The third-order valence-electron chi connectivity index (χ3n) is 4.50. The fraction of sp³-hybridized carbons (Fsp3) is 0.733. The third kappa shape index (κ3) is 3.44. The van der Waals surface area contributed by atoms with Crippen molar-refractivity contribution in [2.45, 2.75) is 50.7 Å². The van der Waals surface area contributed by atoms with Gasteiger partial charge in [0.25, 0.3) is 0 Å². The molecular formula is C15H23N3O3. The van der Waals surface area contributed by atoms with E-state index in [1.165, 1.54) is 32.1 Å². The molecule has 6 nitrogen and oxygen atoms in total. The van der Waals surface area contributed by atoms with Gasteiger partial charge in [0, 0.05) is 19.3 Å². The smallest absolute Gasteiger partial charge is 0.323 e. The van der Waals surface area contributed by atoms with Gasteiger partial charge in [-0.05, 0) is 18.9 Å². The van der Waals surface area contributed by atoms with Gasteiger partial charge in [0.1, 0.15) is 6.04 Å². The first-order chi connectivity index (χ1) is 10.2. The molecule has 1 N–H and O–H groups in total. The van der Waals surface area contributed by atoms with E-state index in [0.29, 0.717) is 25.7 Å². The number of ether oxygens (including phenoxy) is 1. The van der Waals surface area contributed by atoms with Crippen LogP contribution in [0.2, 0.25) is 0 Å². The van der Waals surface area contributed by atoms with Gasteiger partial charge in [-0.3, -0.25) is 14.4 Å². The fourth-order valence-electron chi connectivity index (χ4n) is 3.27. The van der Waals surface area contributed by atoms with Crippen LogP contribution in [0.25, 0.3) is 0 Å². The Morgan fingerprint density at radius 1 is 1.38 bits per heavy atom. The molecule has 1 aliphatic heterocycles. The lowest BCUT2D eigenvalue weighted by atomic mass is 9.96. The molecule has 0 spiro atoms. The number of carbonyl (C=O) groups is 1. The van der Waals surface area contributed by atoms with Crippen molar-refractivity contribution < 1.29 is 14.6 Å². The molecule has 1 saturated heterocycles. The molecule has 2 heterocycles. The van der Waals surface area contributed by atoms with Crippen LogP contribution in [0.15, 0.2) is 12.3 Å². The van der Waals surface area contributed by atoms with Crippen molar-refractivity contribution in [2.75, 3.05) is 19.8 Å². The van der Waals surface area contributed by atoms with Gasteiger partial charge >= 0.3 is 5.97 Å². The lowest BCUT2D eigenvalue weighted by molar-refractivity contribution is -0.150. The highest BCUT2D eigenvalue weighted by Crippen LogP contribution is 2.27. The predicted octanol–water partition coefficient (Wildman–Crippen LogP) is 1.67. The topological polar surface area (TPSA) is 67.6 Å². The summed E-state index contributed by atoms with van der Waals surface area (Å²) < 4.78 is 7.34. The maximum Gasteiger partial charge on any atom is 0.323 e. The van der Waals surface area contributed by atoms with E-state index in [1.807, 2.05) is 17.2 Å². The third-order valence-corrected chi connectivity index (χ3v) is 4.50. The number of rotatable bonds is 4. The molecule has 3 rings (SSSR count). The van der Waals surface area contributed by atoms with Gasteiger partial charge in [-0.15, -0.1) is 0 Å². The van der Waals surface area contributed by atoms with Crippen molar-refractivity contribution in [1.82, 2.24) is 14.7 Å². The first kappa shape index (κ1) is 14.5. The van der Waals surface area contributed by atoms with Crippen LogP contribution in [0, 0.1) is 0 Å². The Bertz CT molecular complexity index is 482. The van der Waals surface area contributed by atoms with Crippen LogP contribution >= 0.6 is 0 Å². The molecule has 0 bridgehead atoms. The van der Waals surface area contributed by atoms with Crippen LogP contribution in [0.5, 0.6) is 0 Å². The van der Waals surface area contributed by atoms with E-state index in [4.69, 9.17) is 4.74 Å². The maximum absolute atomic E-state index is 11.3. The van der Waals surface area contributed by atoms with Crippen molar-refractivity contribution >= 4 is 5.97 Å². The second kappa shape index (κ2) is 6.58. The van der Waals surface area contributed by atoms with E-state index in [0.717, 1.165) is 5.69 Å². The van der Waals surface area contributed by atoms with Crippen molar-refractivity contribution in [3.63, 3.8) is 0 Å². The van der Waals surface area contributed by atoms with Crippen LogP contribution in [-0.4, -0.2) is 51.6 Å². The minimum Gasteiger partial charge on any atom is -0.480 e. The highest BCUT2D eigenvalue weighted by atomic mass is 16.5. The van der Waals surface area contributed by atoms with E-state index in [9.17, 15) is 9.90 Å². The number of hydrogen-bond donors (Lipinski definition) is 1. The average Bonchev–Trinajstić information content (AvgIpc) is 2.97. The van der Waals surface area contributed by atoms with E-state index in [2.05, 4.69) is 9.78 Å². The molecule has 2 aliphatic rings. The molecule has 1 unspecified atom stereocenters. The Labute approximate surface area is 124 Å². The molecule has 1 aliphatic carbocycles. The lowest BCUT2D eigenvalue weighted by Crippen LogP contribution is -2.49. The molecule has 0 amide bonds. The summed E-state index contributed by atoms with van der Waals surface area (Å²) in [4.78, 5) is 13.2. The molecule has 6 heteroatoms. The number of hydrogen-bond acceptors (Lipinski definition) is 4. The summed E-state index contributed by atoms with van der Waals surface area (Å²) in [6.07, 6.45) is 8.35. The Morgan fingerprint density at radius 2 is 2.19 bits per heavy atom. The van der Waals surface area contributed by atoms with Gasteiger partial charge in [0.05, 0.1) is 24.9 Å². The summed E-state index contributed by atoms with van der Waals surface area (Å²) in [6, 6.07) is 1.98. The van der Waals surface area contributed by atoms with Gasteiger partial charge in [0.2, 0.25) is 0 Å². The number of morpholine rings is 1. The summed E-state index contributed by atoms with van der Waals surface area (Å²) >= 11 is 0. The molecule has 1 aromatic heterocycles. The second-order valence-electron chi connectivity index (χ2n) is 5.98. The molecule has 1 aromatic rings. The highest BCUT2D eigenvalue weighted by Gasteiger charge is 2.29. The molecule has 0 radical (unpaired) electrons. The molecule has 2 fully saturated rings. The molecule has 21 heavy (non-hydrogen) atoms. The zero-order valence-electron chi connectivity index (χ0n) is 12.3. The first-order valence-corrected chi connectivity index (χ1v) is 7.82. The number of carboxylic acid groups (broad SMARTS) is 1. The zero-order valence-corrected chi connectivity index (χ0v) is 12.3. The summed E-state index contributed by atoms with van der Waals surface area (Å²) in [6.45, 7) is 2.08. The summed E-state index contributed by atoms with van der Waals surface area (Å²) in [7, 11) is 0. The number of aromatic nitrogens is 2. The van der Waals surface area contributed by atoms with Crippen LogP contribution in [0.4, 0.5) is 0 Å². The molecule has 1 atom stereocenters. The number of nitrogens with zero attached hydrogens (tertiary/aromatic N) is 3. The standard InChI is InChI=1S/C15H23N3O3/c19-15(20)14-11-21-9-8-17(14)10-12-6-7-18(16-12)13-4-2-1-3-5-13/h6-7,13-14H,1-5,8-11H2,(H,19,20). The van der Waals surface area contributed by atoms with Crippen molar-refractivity contribution in [2.24, 2.45) is 0 Å². The summed E-state index contributed by atoms with van der Waals surface area (Å²) in [5.74, 6) is -0.818. The Morgan fingerprint density at radius 3 is 2.95 bits per heavy atom. The van der Waals surface area contributed by atoms with Crippen LogP contribution < -0.4 is 0 Å². The van der Waals surface area contributed by atoms with Gasteiger partial charge in [-0.1, -0.05) is 19.3 Å². The summed E-state index contributed by atoms with van der Waals surface area (Å²) in [5, 5.41) is 13.9. The number of aliphatic carboxylic acids is 1. The average molecular weight is 293 g/mol. The fourth-order valence-corrected chi connectivity index (χ4v) is 3.27.